The molecule has 5 atom stereocenters. The lowest BCUT2D eigenvalue weighted by molar-refractivity contribution is -0.136. The number of amides is 5. The molecule has 0 aromatic heterocycles. The number of carbonyl (C=O) groups is 5. The molecule has 4 aliphatic rings. The van der Waals surface area contributed by atoms with E-state index >= 15 is 0 Å². The molecule has 3 aromatic rings. The summed E-state index contributed by atoms with van der Waals surface area (Å²) in [4.78, 5) is 78.8. The third-order valence-corrected chi connectivity index (χ3v) is 12.4. The highest BCUT2D eigenvalue weighted by Gasteiger charge is 2.37. The number of unbranched alkanes of at least 4 members (excludes halogenated alkanes) is 1. The number of nitrogens with zero attached hydrogens (tertiary/aromatic N) is 4. The largest absolute Gasteiger partial charge is 0.493 e. The maximum Gasteiger partial charge on any atom is 0.260 e. The molecule has 16 nitrogen and oxygen atoms in total. The second-order valence-corrected chi connectivity index (χ2v) is 17.5. The second kappa shape index (κ2) is 20.5. The van der Waals surface area contributed by atoms with Crippen LogP contribution in [0, 0.1) is 17.8 Å². The lowest BCUT2D eigenvalue weighted by Crippen LogP contribution is -2.48. The van der Waals surface area contributed by atoms with E-state index in [1.807, 2.05) is 52.2 Å². The molecule has 0 bridgehead atoms. The Morgan fingerprint density at radius 2 is 1.33 bits per heavy atom. The zero-order chi connectivity index (χ0) is 47.2. The summed E-state index contributed by atoms with van der Waals surface area (Å²) in [5.74, 6) is -1.36. The summed E-state index contributed by atoms with van der Waals surface area (Å²) < 4.78 is 23.5. The van der Waals surface area contributed by atoms with Gasteiger partial charge in [-0.25, -0.2) is 0 Å². The van der Waals surface area contributed by atoms with Crippen LogP contribution in [-0.2, 0) is 14.4 Å². The van der Waals surface area contributed by atoms with Crippen molar-refractivity contribution in [1.29, 1.82) is 0 Å². The van der Waals surface area contributed by atoms with Crippen molar-refractivity contribution < 1.29 is 42.9 Å². The Morgan fingerprint density at radius 1 is 0.773 bits per heavy atom. The van der Waals surface area contributed by atoms with Crippen LogP contribution in [-0.4, -0.2) is 97.3 Å². The topological polar surface area (TPSA) is 204 Å². The van der Waals surface area contributed by atoms with Gasteiger partial charge in [-0.1, -0.05) is 51.3 Å². The van der Waals surface area contributed by atoms with Gasteiger partial charge in [0.15, 0.2) is 23.0 Å². The van der Waals surface area contributed by atoms with Crippen LogP contribution >= 0.6 is 0 Å². The minimum absolute atomic E-state index is 0.112. The minimum Gasteiger partial charge on any atom is -0.493 e. The van der Waals surface area contributed by atoms with Gasteiger partial charge in [-0.3, -0.25) is 34.0 Å². The van der Waals surface area contributed by atoms with Gasteiger partial charge in [0.1, 0.15) is 6.04 Å². The zero-order valence-corrected chi connectivity index (χ0v) is 38.6. The maximum absolute atomic E-state index is 14.0. The molecule has 3 aromatic carbocycles. The number of primary amides is 1. The van der Waals surface area contributed by atoms with Gasteiger partial charge >= 0.3 is 0 Å². The van der Waals surface area contributed by atoms with Crippen molar-refractivity contribution in [2.24, 2.45) is 33.5 Å². The fraction of sp³-hybridized carbons (Fsp3) is 0.420. The minimum atomic E-state index is -0.863. The first-order chi connectivity index (χ1) is 31.7. The van der Waals surface area contributed by atoms with Crippen molar-refractivity contribution in [3.8, 4) is 23.0 Å². The quantitative estimate of drug-likeness (QED) is 0.103. The fourth-order valence-electron chi connectivity index (χ4n) is 8.81. The molecule has 66 heavy (non-hydrogen) atoms. The summed E-state index contributed by atoms with van der Waals surface area (Å²) in [5.41, 5.74) is 10.9. The molecule has 16 heteroatoms. The molecule has 1 unspecified atom stereocenters. The molecule has 7 rings (SSSR count). The Balaban J connectivity index is 0.937. The SMILES string of the molecule is CCCCC(C(N)=O)[C@@H](C(=O)N[C@@H](C)C(=O)Nc1ccc(C2=CN3C(=O)c4cc(OC)c(OCCCOc5cc6c(cc5OC)C(=O)N5C=C(C)C[C@H]5C=N6)cc4N=C[C@@H]3C2)cc1)C(C)C. The molecule has 348 valence electrons. The molecule has 0 fully saturated rings. The van der Waals surface area contributed by atoms with E-state index in [9.17, 15) is 24.0 Å². The molecule has 4 N–H and O–H groups in total. The van der Waals surface area contributed by atoms with E-state index in [2.05, 4.69) is 15.6 Å². The van der Waals surface area contributed by atoms with E-state index in [0.717, 1.165) is 36.0 Å². The third-order valence-electron chi connectivity index (χ3n) is 12.4. The summed E-state index contributed by atoms with van der Waals surface area (Å²) >= 11 is 0. The number of hydrogen-bond acceptors (Lipinski definition) is 11. The fourth-order valence-corrected chi connectivity index (χ4v) is 8.81. The Labute approximate surface area is 385 Å². The summed E-state index contributed by atoms with van der Waals surface area (Å²) in [6, 6.07) is 12.7. The summed E-state index contributed by atoms with van der Waals surface area (Å²) in [6.07, 6.45) is 11.2. The average molecular weight is 902 g/mol. The van der Waals surface area contributed by atoms with E-state index in [1.54, 1.807) is 65.6 Å². The Hall–Kier alpha value is -6.97. The molecule has 5 amide bonds. The summed E-state index contributed by atoms with van der Waals surface area (Å²) in [6.45, 7) is 9.92. The molecular formula is C50H59N7O9. The first-order valence-corrected chi connectivity index (χ1v) is 22.5. The summed E-state index contributed by atoms with van der Waals surface area (Å²) in [7, 11) is 3.04. The van der Waals surface area contributed by atoms with Crippen molar-refractivity contribution >= 4 is 64.6 Å². The van der Waals surface area contributed by atoms with Gasteiger partial charge in [0, 0.05) is 61.4 Å². The van der Waals surface area contributed by atoms with Crippen LogP contribution in [0.4, 0.5) is 17.1 Å². The van der Waals surface area contributed by atoms with Crippen LogP contribution in [0.1, 0.15) is 99.4 Å². The maximum atomic E-state index is 14.0. The molecule has 4 heterocycles. The molecule has 0 saturated heterocycles. The van der Waals surface area contributed by atoms with Crippen LogP contribution in [0.15, 0.2) is 76.5 Å². The highest BCUT2D eigenvalue weighted by molar-refractivity contribution is 6.06. The first-order valence-electron chi connectivity index (χ1n) is 22.5. The number of hydrogen-bond donors (Lipinski definition) is 3. The van der Waals surface area contributed by atoms with Crippen molar-refractivity contribution in [2.45, 2.75) is 91.3 Å². The van der Waals surface area contributed by atoms with Crippen molar-refractivity contribution in [2.75, 3.05) is 32.8 Å². The monoisotopic (exact) mass is 901 g/mol. The van der Waals surface area contributed by atoms with Gasteiger partial charge in [-0.05, 0) is 68.0 Å². The second-order valence-electron chi connectivity index (χ2n) is 17.5. The van der Waals surface area contributed by atoms with Crippen molar-refractivity contribution in [3.63, 3.8) is 0 Å². The van der Waals surface area contributed by atoms with E-state index in [0.29, 0.717) is 70.4 Å². The van der Waals surface area contributed by atoms with Crippen molar-refractivity contribution in [3.05, 3.63) is 83.2 Å². The standard InChI is InChI=1S/C50H59N7O9/c1-8-9-11-36(46(51)58)45(28(2)3)48(60)54-30(5)47(59)55-33-14-12-31(13-15-33)32-19-35-25-53-40-23-44(42(64-7)21-38(40)50(62)57(35)27-32)66-17-10-16-65-43-22-39-37(20-41(43)63-6)49(61)56-26-29(4)18-34(56)24-52-39/h12-15,20-28,30,34-36,45H,8-11,16-19H2,1-7H3,(H2,51,58)(H,54,60)(H,55,59)/t30-,34-,35-,36?,45-/m0/s1. The number of nitrogens with one attached hydrogen (secondary N) is 2. The number of fused-ring (bicyclic) bond motifs is 4. The van der Waals surface area contributed by atoms with E-state index in [4.69, 9.17) is 29.7 Å². The number of anilines is 1. The zero-order valence-electron chi connectivity index (χ0n) is 38.6. The van der Waals surface area contributed by atoms with Gasteiger partial charge < -0.3 is 45.1 Å². The van der Waals surface area contributed by atoms with Gasteiger partial charge in [-0.2, -0.15) is 0 Å². The van der Waals surface area contributed by atoms with Crippen LogP contribution in [0.25, 0.3) is 5.57 Å². The lowest BCUT2D eigenvalue weighted by Gasteiger charge is -2.28. The predicted molar refractivity (Wildman–Crippen MR) is 252 cm³/mol. The van der Waals surface area contributed by atoms with E-state index in [-0.39, 0.29) is 48.9 Å². The number of benzene rings is 3. The van der Waals surface area contributed by atoms with Gasteiger partial charge in [0.2, 0.25) is 17.7 Å². The molecule has 0 radical (unpaired) electrons. The number of rotatable bonds is 19. The highest BCUT2D eigenvalue weighted by Crippen LogP contribution is 2.41. The number of nitrogens with two attached hydrogens (primary N) is 1. The lowest BCUT2D eigenvalue weighted by atomic mass is 9.79. The molecule has 0 aliphatic carbocycles. The number of methoxy groups -OCH3 is 2. The smallest absolute Gasteiger partial charge is 0.260 e. The van der Waals surface area contributed by atoms with E-state index in [1.165, 1.54) is 14.2 Å². The van der Waals surface area contributed by atoms with Crippen LogP contribution in [0.2, 0.25) is 0 Å². The molecule has 0 saturated carbocycles. The van der Waals surface area contributed by atoms with Gasteiger partial charge in [0.25, 0.3) is 11.8 Å². The molecular weight excluding hydrogens is 843 g/mol. The molecule has 0 spiro atoms. The Morgan fingerprint density at radius 3 is 1.86 bits per heavy atom. The van der Waals surface area contributed by atoms with Gasteiger partial charge in [-0.15, -0.1) is 0 Å². The Kier molecular flexibility index (Phi) is 14.6. The average Bonchev–Trinajstić information content (AvgIpc) is 3.84. The Bertz CT molecular complexity index is 2500. The summed E-state index contributed by atoms with van der Waals surface area (Å²) in [5, 5.41) is 5.65. The third kappa shape index (κ3) is 10.1. The van der Waals surface area contributed by atoms with Crippen LogP contribution in [0.3, 0.4) is 0 Å². The highest BCUT2D eigenvalue weighted by atomic mass is 16.5. The van der Waals surface area contributed by atoms with Crippen molar-refractivity contribution in [1.82, 2.24) is 15.1 Å². The van der Waals surface area contributed by atoms with Gasteiger partial charge in [0.05, 0.1) is 67.9 Å². The number of aliphatic imine (C=N–C) groups is 2. The molecule has 4 aliphatic heterocycles. The van der Waals surface area contributed by atoms with Crippen LogP contribution in [0.5, 0.6) is 23.0 Å². The first kappa shape index (κ1) is 47.0. The number of ether oxygens (including phenoxy) is 4. The number of carbonyl (C=O) groups excluding carboxylic acids is 5. The van der Waals surface area contributed by atoms with E-state index < -0.39 is 29.7 Å². The predicted octanol–water partition coefficient (Wildman–Crippen LogP) is 7.36. The van der Waals surface area contributed by atoms with Crippen LogP contribution < -0.4 is 35.3 Å². The normalized spacial score (nSPS) is 18.4.